The molecule has 0 unspecified atom stereocenters. The quantitative estimate of drug-likeness (QED) is 0.476. The summed E-state index contributed by atoms with van der Waals surface area (Å²) in [5.74, 6) is -1.40. The summed E-state index contributed by atoms with van der Waals surface area (Å²) in [5, 5.41) is 0. The van der Waals surface area contributed by atoms with Gasteiger partial charge in [-0.15, -0.1) is 0 Å². The van der Waals surface area contributed by atoms with Crippen molar-refractivity contribution < 1.29 is 32.3 Å². The molecule has 1 aromatic rings. The highest BCUT2D eigenvalue weighted by molar-refractivity contribution is 5.94. The number of carbonyl (C=O) groups is 2. The number of hydrogen-bond donors (Lipinski definition) is 1. The maximum absolute atomic E-state index is 11.8. The summed E-state index contributed by atoms with van der Waals surface area (Å²) < 4.78 is 39.4. The highest BCUT2D eigenvalue weighted by atomic mass is 19.4. The summed E-state index contributed by atoms with van der Waals surface area (Å²) in [5.41, 5.74) is 3.43. The number of alkyl halides is 3. The van der Waals surface area contributed by atoms with Crippen LogP contribution in [0.1, 0.15) is 28.8 Å². The molecule has 8 heteroatoms. The van der Waals surface area contributed by atoms with Gasteiger partial charge < -0.3 is 4.74 Å². The Morgan fingerprint density at radius 1 is 1.23 bits per heavy atom. The minimum Gasteiger partial charge on any atom is -0.456 e. The van der Waals surface area contributed by atoms with Gasteiger partial charge in [-0.25, -0.2) is 5.48 Å². The van der Waals surface area contributed by atoms with E-state index in [1.54, 1.807) is 31.2 Å². The van der Waals surface area contributed by atoms with Crippen LogP contribution in [0.4, 0.5) is 13.2 Å². The van der Waals surface area contributed by atoms with Gasteiger partial charge in [0.25, 0.3) is 5.91 Å². The Bertz CT molecular complexity index is 517. The fourth-order valence-electron chi connectivity index (χ4n) is 1.52. The van der Waals surface area contributed by atoms with Crippen molar-refractivity contribution in [2.24, 2.45) is 0 Å². The summed E-state index contributed by atoms with van der Waals surface area (Å²) >= 11 is 0. The fraction of sp³-hybridized carbons (Fsp3) is 0.429. The van der Waals surface area contributed by atoms with Crippen LogP contribution in [0.3, 0.4) is 0 Å². The van der Waals surface area contributed by atoms with E-state index >= 15 is 0 Å². The standard InChI is InChI=1S/C14H16F3NO4/c1-10-5-2-3-6-11(10)13(20)18-22-8-4-7-12(19)21-9-14(15,16)17/h2-3,5-6H,4,7-9H2,1H3,(H,18,20). The average Bonchev–Trinajstić information content (AvgIpc) is 2.44. The van der Waals surface area contributed by atoms with Crippen molar-refractivity contribution in [1.29, 1.82) is 0 Å². The van der Waals surface area contributed by atoms with Crippen molar-refractivity contribution in [1.82, 2.24) is 5.48 Å². The van der Waals surface area contributed by atoms with Crippen molar-refractivity contribution in [3.63, 3.8) is 0 Å². The molecule has 0 atom stereocenters. The summed E-state index contributed by atoms with van der Waals surface area (Å²) in [6.45, 7) is 0.154. The number of esters is 1. The molecule has 1 N–H and O–H groups in total. The second kappa shape index (κ2) is 8.38. The van der Waals surface area contributed by atoms with Crippen molar-refractivity contribution in [3.8, 4) is 0 Å². The molecule has 1 amide bonds. The highest BCUT2D eigenvalue weighted by Crippen LogP contribution is 2.14. The van der Waals surface area contributed by atoms with Gasteiger partial charge in [0.15, 0.2) is 6.61 Å². The normalized spacial score (nSPS) is 11.1. The minimum atomic E-state index is -4.53. The first-order valence-electron chi connectivity index (χ1n) is 6.50. The number of ether oxygens (including phenoxy) is 1. The number of hydroxylamine groups is 1. The largest absolute Gasteiger partial charge is 0.456 e. The number of hydrogen-bond acceptors (Lipinski definition) is 4. The van der Waals surface area contributed by atoms with Crippen molar-refractivity contribution in [2.75, 3.05) is 13.2 Å². The van der Waals surface area contributed by atoms with Crippen LogP contribution in [0, 0.1) is 6.92 Å². The number of nitrogens with one attached hydrogen (secondary N) is 1. The van der Waals surface area contributed by atoms with E-state index < -0.39 is 24.7 Å². The van der Waals surface area contributed by atoms with E-state index in [4.69, 9.17) is 4.84 Å². The third-order valence-electron chi connectivity index (χ3n) is 2.58. The minimum absolute atomic E-state index is 0.0151. The lowest BCUT2D eigenvalue weighted by Crippen LogP contribution is -2.25. The lowest BCUT2D eigenvalue weighted by atomic mass is 10.1. The molecule has 5 nitrogen and oxygen atoms in total. The molecule has 0 saturated carbocycles. The molecule has 0 aliphatic rings. The van der Waals surface area contributed by atoms with Crippen LogP contribution >= 0.6 is 0 Å². The maximum atomic E-state index is 11.8. The van der Waals surface area contributed by atoms with Crippen LogP contribution in [0.5, 0.6) is 0 Å². The molecule has 0 aromatic heterocycles. The first-order valence-corrected chi connectivity index (χ1v) is 6.50. The molecule has 0 radical (unpaired) electrons. The second-order valence-electron chi connectivity index (χ2n) is 4.47. The van der Waals surface area contributed by atoms with E-state index in [-0.39, 0.29) is 19.4 Å². The second-order valence-corrected chi connectivity index (χ2v) is 4.47. The Morgan fingerprint density at radius 2 is 1.91 bits per heavy atom. The van der Waals surface area contributed by atoms with Crippen molar-refractivity contribution >= 4 is 11.9 Å². The van der Waals surface area contributed by atoms with Gasteiger partial charge in [0.05, 0.1) is 6.61 Å². The Labute approximate surface area is 125 Å². The summed E-state index contributed by atoms with van der Waals surface area (Å²) in [7, 11) is 0. The van der Waals surface area contributed by atoms with Crippen LogP contribution < -0.4 is 5.48 Å². The Kier molecular flexibility index (Phi) is 6.84. The molecule has 0 aliphatic carbocycles. The van der Waals surface area contributed by atoms with Crippen LogP contribution in [0.25, 0.3) is 0 Å². The number of aryl methyl sites for hydroxylation is 1. The SMILES string of the molecule is Cc1ccccc1C(=O)NOCCCC(=O)OCC(F)(F)F. The number of halogens is 3. The van der Waals surface area contributed by atoms with Crippen molar-refractivity contribution in [3.05, 3.63) is 35.4 Å². The number of rotatable bonds is 7. The van der Waals surface area contributed by atoms with E-state index in [0.29, 0.717) is 5.56 Å². The zero-order chi connectivity index (χ0) is 16.6. The Hall–Kier alpha value is -2.09. The lowest BCUT2D eigenvalue weighted by molar-refractivity contribution is -0.186. The highest BCUT2D eigenvalue weighted by Gasteiger charge is 2.29. The molecule has 0 heterocycles. The van der Waals surface area contributed by atoms with E-state index in [9.17, 15) is 22.8 Å². The Balaban J connectivity index is 2.17. The van der Waals surface area contributed by atoms with Gasteiger partial charge in [-0.05, 0) is 25.0 Å². The molecule has 0 bridgehead atoms. The third-order valence-corrected chi connectivity index (χ3v) is 2.58. The number of benzene rings is 1. The third kappa shape index (κ3) is 7.07. The Morgan fingerprint density at radius 3 is 2.55 bits per heavy atom. The molecule has 0 aliphatic heterocycles. The molecule has 1 aromatic carbocycles. The summed E-state index contributed by atoms with van der Waals surface area (Å²) in [4.78, 5) is 27.6. The van der Waals surface area contributed by atoms with E-state index in [1.165, 1.54) is 0 Å². The lowest BCUT2D eigenvalue weighted by Gasteiger charge is -2.09. The van der Waals surface area contributed by atoms with E-state index in [2.05, 4.69) is 10.2 Å². The average molecular weight is 319 g/mol. The first-order chi connectivity index (χ1) is 10.3. The van der Waals surface area contributed by atoms with Crippen LogP contribution in [-0.2, 0) is 14.4 Å². The van der Waals surface area contributed by atoms with E-state index in [0.717, 1.165) is 5.56 Å². The van der Waals surface area contributed by atoms with E-state index in [1.807, 2.05) is 0 Å². The molecule has 1 rings (SSSR count). The fourth-order valence-corrected chi connectivity index (χ4v) is 1.52. The molecule has 122 valence electrons. The predicted molar refractivity (Wildman–Crippen MR) is 70.8 cm³/mol. The van der Waals surface area contributed by atoms with Gasteiger partial charge in [-0.3, -0.25) is 14.4 Å². The van der Waals surface area contributed by atoms with Gasteiger partial charge in [-0.1, -0.05) is 18.2 Å². The maximum Gasteiger partial charge on any atom is 0.422 e. The van der Waals surface area contributed by atoms with Gasteiger partial charge in [0.1, 0.15) is 0 Å². The summed E-state index contributed by atoms with van der Waals surface area (Å²) in [6, 6.07) is 6.90. The topological polar surface area (TPSA) is 64.6 Å². The summed E-state index contributed by atoms with van der Waals surface area (Å²) in [6.07, 6.45) is -4.63. The molecule has 0 fully saturated rings. The zero-order valence-corrected chi connectivity index (χ0v) is 11.9. The van der Waals surface area contributed by atoms with Crippen LogP contribution in [0.15, 0.2) is 24.3 Å². The monoisotopic (exact) mass is 319 g/mol. The van der Waals surface area contributed by atoms with Crippen molar-refractivity contribution in [2.45, 2.75) is 25.9 Å². The predicted octanol–water partition coefficient (Wildman–Crippen LogP) is 2.54. The smallest absolute Gasteiger partial charge is 0.422 e. The molecular formula is C14H16F3NO4. The van der Waals surface area contributed by atoms with Gasteiger partial charge in [0.2, 0.25) is 0 Å². The van der Waals surface area contributed by atoms with Crippen LogP contribution in [0.2, 0.25) is 0 Å². The van der Waals surface area contributed by atoms with Gasteiger partial charge in [-0.2, -0.15) is 13.2 Å². The zero-order valence-electron chi connectivity index (χ0n) is 11.9. The number of amides is 1. The van der Waals surface area contributed by atoms with Gasteiger partial charge >= 0.3 is 12.1 Å². The molecule has 0 saturated heterocycles. The first kappa shape index (κ1) is 18.0. The van der Waals surface area contributed by atoms with Crippen LogP contribution in [-0.4, -0.2) is 31.3 Å². The molecule has 22 heavy (non-hydrogen) atoms. The number of carbonyl (C=O) groups excluding carboxylic acids is 2. The molecule has 0 spiro atoms. The molecular weight excluding hydrogens is 303 g/mol. The van der Waals surface area contributed by atoms with Gasteiger partial charge in [0, 0.05) is 12.0 Å².